The fourth-order valence-electron chi connectivity index (χ4n) is 0.177. The second-order valence-corrected chi connectivity index (χ2v) is 1.10. The summed E-state index contributed by atoms with van der Waals surface area (Å²) >= 11 is 0. The average molecular weight is 79.1 g/mol. The van der Waals surface area contributed by atoms with Crippen LogP contribution in [0.2, 0.25) is 0 Å². The third-order valence-corrected chi connectivity index (χ3v) is 0.530. The Kier molecular flexibility index (Phi) is 14.8. The van der Waals surface area contributed by atoms with Crippen molar-refractivity contribution in [2.24, 2.45) is 0 Å². The Labute approximate surface area is 51.5 Å². The first-order valence-corrected chi connectivity index (χ1v) is 2.06. The van der Waals surface area contributed by atoms with Crippen molar-refractivity contribution < 1.29 is 18.9 Å². The van der Waals surface area contributed by atoms with Gasteiger partial charge in [0.25, 0.3) is 0 Å². The van der Waals surface area contributed by atoms with Gasteiger partial charge in [0.2, 0.25) is 0 Å². The van der Waals surface area contributed by atoms with Gasteiger partial charge >= 0.3 is 18.9 Å². The summed E-state index contributed by atoms with van der Waals surface area (Å²) in [6, 6.07) is 0. The second-order valence-electron chi connectivity index (χ2n) is 1.10. The molecule has 0 unspecified atom stereocenters. The van der Waals surface area contributed by atoms with Gasteiger partial charge in [0.05, 0.1) is 0 Å². The normalized spacial score (nSPS) is 7.00. The van der Waals surface area contributed by atoms with Crippen LogP contribution in [0, 0.1) is 0 Å². The molecule has 6 heavy (non-hydrogen) atoms. The van der Waals surface area contributed by atoms with Crippen LogP contribution in [-0.4, -0.2) is 6.54 Å². The molecular formula is C4H10LiN. The van der Waals surface area contributed by atoms with Crippen LogP contribution < -0.4 is 18.9 Å². The Hall–Kier alpha value is 0.557. The van der Waals surface area contributed by atoms with E-state index in [2.05, 4.69) is 6.92 Å². The van der Waals surface area contributed by atoms with Crippen LogP contribution in [0.4, 0.5) is 0 Å². The summed E-state index contributed by atoms with van der Waals surface area (Å²) in [5, 5.41) is 0. The third kappa shape index (κ3) is 8.82. The molecule has 0 bridgehead atoms. The SMILES string of the molecule is CCCC[NH-].[Li+]. The van der Waals surface area contributed by atoms with Gasteiger partial charge < -0.3 is 5.73 Å². The van der Waals surface area contributed by atoms with Gasteiger partial charge in [-0.2, -0.15) is 6.54 Å². The van der Waals surface area contributed by atoms with Crippen LogP contribution in [-0.2, 0) is 0 Å². The number of rotatable bonds is 2. The predicted molar refractivity (Wildman–Crippen MR) is 24.1 cm³/mol. The monoisotopic (exact) mass is 79.1 g/mol. The third-order valence-electron chi connectivity index (χ3n) is 0.530. The van der Waals surface area contributed by atoms with Crippen molar-refractivity contribution in [2.75, 3.05) is 6.54 Å². The molecule has 0 aliphatic rings. The molecule has 1 nitrogen and oxygen atoms in total. The van der Waals surface area contributed by atoms with E-state index in [1.165, 1.54) is 0 Å². The Morgan fingerprint density at radius 3 is 2.00 bits per heavy atom. The zero-order chi connectivity index (χ0) is 4.12. The van der Waals surface area contributed by atoms with E-state index < -0.39 is 0 Å². The molecule has 0 amide bonds. The first-order chi connectivity index (χ1) is 2.41. The summed E-state index contributed by atoms with van der Waals surface area (Å²) in [4.78, 5) is 0. The molecule has 0 saturated heterocycles. The van der Waals surface area contributed by atoms with E-state index in [-0.39, 0.29) is 18.9 Å². The quantitative estimate of drug-likeness (QED) is 0.373. The van der Waals surface area contributed by atoms with E-state index in [0.717, 1.165) is 12.8 Å². The van der Waals surface area contributed by atoms with Crippen LogP contribution in [0.5, 0.6) is 0 Å². The van der Waals surface area contributed by atoms with Gasteiger partial charge in [-0.05, 0) is 0 Å². The molecule has 0 aromatic carbocycles. The smallest absolute Gasteiger partial charge is 0.677 e. The minimum absolute atomic E-state index is 0. The summed E-state index contributed by atoms with van der Waals surface area (Å²) in [6.07, 6.45) is 2.21. The maximum absolute atomic E-state index is 6.60. The molecule has 0 aromatic heterocycles. The first-order valence-electron chi connectivity index (χ1n) is 2.06. The topological polar surface area (TPSA) is 23.8 Å². The Bertz CT molecular complexity index is 15.0. The molecule has 1 N–H and O–H groups in total. The maximum Gasteiger partial charge on any atom is 1.00 e. The summed E-state index contributed by atoms with van der Waals surface area (Å²) in [5.41, 5.74) is 6.60. The van der Waals surface area contributed by atoms with Crippen molar-refractivity contribution in [1.82, 2.24) is 0 Å². The van der Waals surface area contributed by atoms with E-state index in [0.29, 0.717) is 6.54 Å². The summed E-state index contributed by atoms with van der Waals surface area (Å²) in [5.74, 6) is 0. The van der Waals surface area contributed by atoms with E-state index in [4.69, 9.17) is 5.73 Å². The fraction of sp³-hybridized carbons (Fsp3) is 1.00. The molecule has 0 fully saturated rings. The van der Waals surface area contributed by atoms with Crippen molar-refractivity contribution in [3.05, 3.63) is 5.73 Å². The van der Waals surface area contributed by atoms with Gasteiger partial charge in [0.1, 0.15) is 0 Å². The summed E-state index contributed by atoms with van der Waals surface area (Å²) < 4.78 is 0. The minimum atomic E-state index is 0. The molecule has 0 saturated carbocycles. The molecule has 0 heterocycles. The van der Waals surface area contributed by atoms with Gasteiger partial charge in [-0.15, -0.1) is 0 Å². The van der Waals surface area contributed by atoms with Crippen LogP contribution >= 0.6 is 0 Å². The molecule has 0 radical (unpaired) electrons. The van der Waals surface area contributed by atoms with Crippen molar-refractivity contribution in [3.8, 4) is 0 Å². The number of hydrogen-bond acceptors (Lipinski definition) is 0. The number of hydrogen-bond donors (Lipinski definition) is 0. The van der Waals surface area contributed by atoms with Crippen LogP contribution in [0.1, 0.15) is 19.8 Å². The first kappa shape index (κ1) is 9.75. The van der Waals surface area contributed by atoms with Gasteiger partial charge in [-0.1, -0.05) is 19.8 Å². The van der Waals surface area contributed by atoms with Crippen LogP contribution in [0.3, 0.4) is 0 Å². The molecule has 0 aliphatic carbocycles. The summed E-state index contributed by atoms with van der Waals surface area (Å²) in [7, 11) is 0. The van der Waals surface area contributed by atoms with Crippen LogP contribution in [0.15, 0.2) is 0 Å². The molecule has 0 aromatic rings. The van der Waals surface area contributed by atoms with Crippen molar-refractivity contribution in [3.63, 3.8) is 0 Å². The van der Waals surface area contributed by atoms with Crippen molar-refractivity contribution in [1.29, 1.82) is 0 Å². The van der Waals surface area contributed by atoms with E-state index in [1.807, 2.05) is 0 Å². The predicted octanol–water partition coefficient (Wildman–Crippen LogP) is -1.16. The fourth-order valence-corrected chi connectivity index (χ4v) is 0.177. The van der Waals surface area contributed by atoms with E-state index >= 15 is 0 Å². The standard InChI is InChI=1S/C4H10N.Li/c1-2-3-4-5;/h5H,2-4H2,1H3;/q-1;+1. The number of nitrogens with one attached hydrogen (secondary N) is 1. The van der Waals surface area contributed by atoms with Crippen LogP contribution in [0.25, 0.3) is 5.73 Å². The summed E-state index contributed by atoms with van der Waals surface area (Å²) in [6.45, 7) is 2.69. The van der Waals surface area contributed by atoms with E-state index in [1.54, 1.807) is 0 Å². The van der Waals surface area contributed by atoms with E-state index in [9.17, 15) is 0 Å². The zero-order valence-corrected chi connectivity index (χ0v) is 4.62. The van der Waals surface area contributed by atoms with Gasteiger partial charge in [0.15, 0.2) is 0 Å². The molecule has 2 heteroatoms. The molecule has 0 aliphatic heterocycles. The zero-order valence-electron chi connectivity index (χ0n) is 4.62. The Balaban J connectivity index is 0. The Morgan fingerprint density at radius 1 is 1.50 bits per heavy atom. The largest absolute Gasteiger partial charge is 1.00 e. The molecule has 0 spiro atoms. The average Bonchev–Trinajstić information content (AvgIpc) is 1.41. The van der Waals surface area contributed by atoms with Gasteiger partial charge in [-0.25, -0.2) is 0 Å². The van der Waals surface area contributed by atoms with Gasteiger partial charge in [-0.3, -0.25) is 0 Å². The molecule has 0 rings (SSSR count). The van der Waals surface area contributed by atoms with Gasteiger partial charge in [0, 0.05) is 0 Å². The number of unbranched alkanes of at least 4 members (excludes halogenated alkanes) is 1. The van der Waals surface area contributed by atoms with Crippen molar-refractivity contribution in [2.45, 2.75) is 19.8 Å². The molecular weight excluding hydrogens is 69.0 g/mol. The van der Waals surface area contributed by atoms with Crippen molar-refractivity contribution >= 4 is 0 Å². The minimum Gasteiger partial charge on any atom is -0.677 e. The Morgan fingerprint density at radius 2 is 2.00 bits per heavy atom. The molecule has 32 valence electrons. The maximum atomic E-state index is 6.60. The molecule has 0 atom stereocenters. The second kappa shape index (κ2) is 9.12.